The van der Waals surface area contributed by atoms with Gasteiger partial charge in [0.2, 0.25) is 0 Å². The largest absolute Gasteiger partial charge is 0.481 e. The molecule has 0 aromatic carbocycles. The van der Waals surface area contributed by atoms with Crippen LogP contribution in [0.2, 0.25) is 0 Å². The molecule has 3 rings (SSSR count). The fourth-order valence-electron chi connectivity index (χ4n) is 2.67. The highest BCUT2D eigenvalue weighted by Gasteiger charge is 2.52. The van der Waals surface area contributed by atoms with Gasteiger partial charge in [-0.25, -0.2) is 9.78 Å². The Morgan fingerprint density at radius 1 is 1.41 bits per heavy atom. The van der Waals surface area contributed by atoms with Gasteiger partial charge in [-0.2, -0.15) is 0 Å². The van der Waals surface area contributed by atoms with Crippen molar-refractivity contribution in [2.24, 2.45) is 0 Å². The molecule has 3 heterocycles. The Kier molecular flexibility index (Phi) is 5.19. The molecule has 27 heavy (non-hydrogen) atoms. The summed E-state index contributed by atoms with van der Waals surface area (Å²) in [4.78, 5) is 52.1. The number of β-lactam (4-membered cyclic amide) rings is 1. The molecule has 10 nitrogen and oxygen atoms in total. The van der Waals surface area contributed by atoms with Crippen LogP contribution in [-0.4, -0.2) is 61.0 Å². The zero-order valence-corrected chi connectivity index (χ0v) is 15.2. The van der Waals surface area contributed by atoms with E-state index in [9.17, 15) is 19.2 Å². The number of nitrogens with one attached hydrogen (secondary N) is 1. The Morgan fingerprint density at radius 2 is 2.15 bits per heavy atom. The lowest BCUT2D eigenvalue weighted by Gasteiger charge is -2.48. The van der Waals surface area contributed by atoms with Crippen LogP contribution in [0.15, 0.2) is 23.2 Å². The van der Waals surface area contributed by atoms with Crippen molar-refractivity contribution in [3.63, 3.8) is 0 Å². The van der Waals surface area contributed by atoms with Gasteiger partial charge in [-0.1, -0.05) is 6.08 Å². The topological polar surface area (TPSA) is 163 Å². The number of anilines is 1. The van der Waals surface area contributed by atoms with Gasteiger partial charge in [-0.15, -0.1) is 23.1 Å². The average Bonchev–Trinajstić information content (AvgIpc) is 3.04. The molecule has 0 aliphatic carbocycles. The standard InChI is InChI=1S/C15H14N4O6S2/c16-15-17-7(5-27-15)6(1-2-9(20)21)11(22)18-10-12(23)19-8(14(24)25)3-4-26-13(10)19/h1,3,5,10,13H,2,4H2,(H2,16,17)(H,18,22)(H,20,21)(H,24,25)/b6-1-/t10-,13?/m1/s1. The van der Waals surface area contributed by atoms with Gasteiger partial charge in [0.25, 0.3) is 11.8 Å². The lowest BCUT2D eigenvalue weighted by atomic mass is 10.0. The molecule has 0 spiro atoms. The van der Waals surface area contributed by atoms with E-state index >= 15 is 0 Å². The summed E-state index contributed by atoms with van der Waals surface area (Å²) >= 11 is 2.41. The van der Waals surface area contributed by atoms with Gasteiger partial charge >= 0.3 is 11.9 Å². The monoisotopic (exact) mass is 410 g/mol. The molecule has 0 bridgehead atoms. The molecule has 12 heteroatoms. The van der Waals surface area contributed by atoms with Crippen molar-refractivity contribution < 1.29 is 29.4 Å². The van der Waals surface area contributed by atoms with Gasteiger partial charge in [-0.05, 0) is 6.08 Å². The fraction of sp³-hybridized carbons (Fsp3) is 0.267. The molecular weight excluding hydrogens is 396 g/mol. The number of hydrogen-bond acceptors (Lipinski definition) is 8. The first-order valence-corrected chi connectivity index (χ1v) is 9.54. The molecule has 2 aliphatic heterocycles. The molecule has 1 aromatic rings. The lowest BCUT2D eigenvalue weighted by Crippen LogP contribution is -2.70. The number of carboxylic acids is 2. The highest BCUT2D eigenvalue weighted by molar-refractivity contribution is 8.00. The Labute approximate surface area is 160 Å². The van der Waals surface area contributed by atoms with Crippen LogP contribution >= 0.6 is 23.1 Å². The van der Waals surface area contributed by atoms with Crippen LogP contribution in [0.25, 0.3) is 5.57 Å². The van der Waals surface area contributed by atoms with E-state index in [1.165, 1.54) is 29.3 Å². The number of aliphatic carboxylic acids is 2. The highest BCUT2D eigenvalue weighted by atomic mass is 32.2. The normalized spacial score (nSPS) is 21.8. The predicted octanol–water partition coefficient (Wildman–Crippen LogP) is -0.0482. The Bertz CT molecular complexity index is 893. The molecule has 1 unspecified atom stereocenters. The van der Waals surface area contributed by atoms with E-state index in [0.717, 1.165) is 16.2 Å². The van der Waals surface area contributed by atoms with Gasteiger partial charge in [0, 0.05) is 11.1 Å². The summed E-state index contributed by atoms with van der Waals surface area (Å²) < 4.78 is 0. The van der Waals surface area contributed by atoms with Crippen molar-refractivity contribution in [2.75, 3.05) is 11.5 Å². The van der Waals surface area contributed by atoms with Crippen molar-refractivity contribution in [1.29, 1.82) is 0 Å². The minimum atomic E-state index is -1.21. The van der Waals surface area contributed by atoms with Crippen LogP contribution in [-0.2, 0) is 19.2 Å². The molecule has 2 atom stereocenters. The second kappa shape index (κ2) is 7.40. The number of thioether (sulfide) groups is 1. The molecule has 5 N–H and O–H groups in total. The van der Waals surface area contributed by atoms with E-state index in [4.69, 9.17) is 15.9 Å². The number of nitrogens with zero attached hydrogens (tertiary/aromatic N) is 2. The van der Waals surface area contributed by atoms with Gasteiger partial charge < -0.3 is 21.3 Å². The van der Waals surface area contributed by atoms with Gasteiger partial charge in [0.1, 0.15) is 17.1 Å². The molecule has 1 fully saturated rings. The average molecular weight is 410 g/mol. The highest BCUT2D eigenvalue weighted by Crippen LogP contribution is 2.37. The first-order chi connectivity index (χ1) is 12.8. The van der Waals surface area contributed by atoms with Crippen molar-refractivity contribution >= 4 is 57.6 Å². The van der Waals surface area contributed by atoms with Crippen molar-refractivity contribution in [2.45, 2.75) is 17.8 Å². The molecule has 0 saturated carbocycles. The molecule has 0 radical (unpaired) electrons. The van der Waals surface area contributed by atoms with Crippen LogP contribution in [0.3, 0.4) is 0 Å². The second-order valence-electron chi connectivity index (χ2n) is 5.56. The van der Waals surface area contributed by atoms with E-state index in [1.54, 1.807) is 0 Å². The summed E-state index contributed by atoms with van der Waals surface area (Å²) in [5.74, 6) is -3.16. The third kappa shape index (κ3) is 3.66. The quantitative estimate of drug-likeness (QED) is 0.372. The first kappa shape index (κ1) is 18.9. The molecule has 1 aromatic heterocycles. The summed E-state index contributed by atoms with van der Waals surface area (Å²) in [5.41, 5.74) is 5.66. The summed E-state index contributed by atoms with van der Waals surface area (Å²) in [6.45, 7) is 0. The van der Waals surface area contributed by atoms with E-state index in [2.05, 4.69) is 10.3 Å². The molecule has 2 aliphatic rings. The van der Waals surface area contributed by atoms with Crippen LogP contribution in [0.5, 0.6) is 0 Å². The van der Waals surface area contributed by atoms with Gasteiger partial charge in [-0.3, -0.25) is 19.3 Å². The third-order valence-electron chi connectivity index (χ3n) is 3.88. The predicted molar refractivity (Wildman–Crippen MR) is 97.5 cm³/mol. The van der Waals surface area contributed by atoms with E-state index in [0.29, 0.717) is 5.75 Å². The number of hydrogen-bond donors (Lipinski definition) is 4. The number of carbonyl (C=O) groups is 4. The number of carbonyl (C=O) groups excluding carboxylic acids is 2. The number of nitrogens with two attached hydrogens (primary N) is 1. The maximum absolute atomic E-state index is 12.6. The second-order valence-corrected chi connectivity index (χ2v) is 7.60. The van der Waals surface area contributed by atoms with E-state index in [-0.39, 0.29) is 22.1 Å². The lowest BCUT2D eigenvalue weighted by molar-refractivity contribution is -0.150. The van der Waals surface area contributed by atoms with Crippen LogP contribution in [0.4, 0.5) is 5.13 Å². The minimum absolute atomic E-state index is 0.00795. The van der Waals surface area contributed by atoms with Crippen molar-refractivity contribution in [3.05, 3.63) is 28.9 Å². The maximum Gasteiger partial charge on any atom is 0.352 e. The Hall–Kier alpha value is -2.86. The number of aromatic nitrogens is 1. The van der Waals surface area contributed by atoms with Crippen LogP contribution < -0.4 is 11.1 Å². The zero-order valence-electron chi connectivity index (χ0n) is 13.6. The SMILES string of the molecule is Nc1nc(/C(=C/CC(=O)O)C(=O)N[C@@H]2C(=O)N3C(C(=O)O)=CCSC23)cs1. The van der Waals surface area contributed by atoms with Gasteiger partial charge in [0.15, 0.2) is 5.13 Å². The first-order valence-electron chi connectivity index (χ1n) is 7.62. The van der Waals surface area contributed by atoms with Gasteiger partial charge in [0.05, 0.1) is 17.7 Å². The number of rotatable bonds is 6. The van der Waals surface area contributed by atoms with Crippen LogP contribution in [0.1, 0.15) is 12.1 Å². The van der Waals surface area contributed by atoms with Crippen molar-refractivity contribution in [3.8, 4) is 0 Å². The number of amides is 2. The molecule has 1 saturated heterocycles. The summed E-state index contributed by atoms with van der Waals surface area (Å²) in [6, 6.07) is -0.908. The minimum Gasteiger partial charge on any atom is -0.481 e. The Morgan fingerprint density at radius 3 is 2.74 bits per heavy atom. The maximum atomic E-state index is 12.6. The van der Waals surface area contributed by atoms with Crippen molar-refractivity contribution in [1.82, 2.24) is 15.2 Å². The molecular formula is C15H14N4O6S2. The fourth-order valence-corrected chi connectivity index (χ4v) is 4.43. The third-order valence-corrected chi connectivity index (χ3v) is 5.73. The zero-order chi connectivity index (χ0) is 19.7. The number of nitrogen functional groups attached to an aromatic ring is 1. The summed E-state index contributed by atoms with van der Waals surface area (Å²) in [6.07, 6.45) is 2.23. The van der Waals surface area contributed by atoms with Crippen LogP contribution in [0, 0.1) is 0 Å². The number of thiazole rings is 1. The molecule has 2 amide bonds. The van der Waals surface area contributed by atoms with E-state index < -0.39 is 41.6 Å². The Balaban J connectivity index is 1.78. The smallest absolute Gasteiger partial charge is 0.352 e. The molecule has 142 valence electrons. The van der Waals surface area contributed by atoms with E-state index in [1.807, 2.05) is 0 Å². The number of fused-ring (bicyclic) bond motifs is 1. The summed E-state index contributed by atoms with van der Waals surface area (Å²) in [7, 11) is 0. The number of carboxylic acid groups (broad SMARTS) is 2. The summed E-state index contributed by atoms with van der Waals surface area (Å²) in [5, 5.41) is 21.8.